The number of hydrogen-bond acceptors (Lipinski definition) is 4. The van der Waals surface area contributed by atoms with Gasteiger partial charge in [0.25, 0.3) is 0 Å². The largest absolute Gasteiger partial charge is 0.325 e. The molecule has 0 atom stereocenters. The lowest BCUT2D eigenvalue weighted by molar-refractivity contribution is -0.117. The fourth-order valence-corrected chi connectivity index (χ4v) is 4.19. The molecule has 6 heteroatoms. The summed E-state index contributed by atoms with van der Waals surface area (Å²) in [7, 11) is 0. The van der Waals surface area contributed by atoms with Crippen LogP contribution in [0.1, 0.15) is 29.7 Å². The van der Waals surface area contributed by atoms with Crippen molar-refractivity contribution in [2.45, 2.75) is 25.7 Å². The molecule has 28 heavy (non-hydrogen) atoms. The number of benzene rings is 2. The fraction of sp³-hybridized carbons (Fsp3) is 0.227. The average Bonchev–Trinajstić information content (AvgIpc) is 3.33. The van der Waals surface area contributed by atoms with E-state index < -0.39 is 0 Å². The molecule has 1 N–H and O–H groups in total. The van der Waals surface area contributed by atoms with Crippen LogP contribution in [0.15, 0.2) is 60.0 Å². The maximum absolute atomic E-state index is 12.6. The molecule has 4 rings (SSSR count). The number of nitrogens with zero attached hydrogens (tertiary/aromatic N) is 2. The van der Waals surface area contributed by atoms with Gasteiger partial charge in [0.1, 0.15) is 0 Å². The minimum absolute atomic E-state index is 0.106. The van der Waals surface area contributed by atoms with E-state index in [4.69, 9.17) is 0 Å². The van der Waals surface area contributed by atoms with Gasteiger partial charge in [-0.25, -0.2) is 4.98 Å². The van der Waals surface area contributed by atoms with Crippen LogP contribution in [0.5, 0.6) is 0 Å². The second-order valence-electron chi connectivity index (χ2n) is 6.81. The molecule has 1 fully saturated rings. The van der Waals surface area contributed by atoms with E-state index in [1.165, 1.54) is 16.9 Å². The SMILES string of the molecule is O=C(Cc1csc(N2CCCC2=O)n1)Nc1ccccc1Cc1ccccc1. The third kappa shape index (κ3) is 4.28. The highest BCUT2D eigenvalue weighted by atomic mass is 32.1. The molecule has 5 nitrogen and oxygen atoms in total. The van der Waals surface area contributed by atoms with E-state index in [0.717, 1.165) is 24.1 Å². The lowest BCUT2D eigenvalue weighted by atomic mass is 10.0. The van der Waals surface area contributed by atoms with E-state index in [-0.39, 0.29) is 18.2 Å². The van der Waals surface area contributed by atoms with Crippen molar-refractivity contribution < 1.29 is 9.59 Å². The second kappa shape index (κ2) is 8.35. The minimum atomic E-state index is -0.106. The standard InChI is InChI=1S/C22H21N3O2S/c26-20(14-18-15-28-22(23-18)25-12-6-11-21(25)27)24-19-10-5-4-9-17(19)13-16-7-2-1-3-8-16/h1-5,7-10,15H,6,11-14H2,(H,24,26). The molecule has 142 valence electrons. The number of amides is 2. The molecule has 1 aromatic heterocycles. The average molecular weight is 391 g/mol. The zero-order chi connectivity index (χ0) is 19.3. The van der Waals surface area contributed by atoms with Crippen LogP contribution in [0, 0.1) is 0 Å². The van der Waals surface area contributed by atoms with Gasteiger partial charge in [0.05, 0.1) is 12.1 Å². The van der Waals surface area contributed by atoms with Gasteiger partial charge in [-0.1, -0.05) is 48.5 Å². The summed E-state index contributed by atoms with van der Waals surface area (Å²) in [5.41, 5.74) is 3.78. The van der Waals surface area contributed by atoms with Crippen LogP contribution >= 0.6 is 11.3 Å². The lowest BCUT2D eigenvalue weighted by Crippen LogP contribution is -2.23. The number of aromatic nitrogens is 1. The molecule has 1 saturated heterocycles. The van der Waals surface area contributed by atoms with Crippen LogP contribution in [0.3, 0.4) is 0 Å². The number of thiazole rings is 1. The number of nitrogens with one attached hydrogen (secondary N) is 1. The molecule has 3 aromatic rings. The van der Waals surface area contributed by atoms with E-state index in [1.54, 1.807) is 4.90 Å². The van der Waals surface area contributed by atoms with Crippen molar-refractivity contribution in [3.05, 3.63) is 76.8 Å². The van der Waals surface area contributed by atoms with Gasteiger partial charge in [-0.2, -0.15) is 0 Å². The molecular weight excluding hydrogens is 370 g/mol. The zero-order valence-corrected chi connectivity index (χ0v) is 16.2. The number of hydrogen-bond donors (Lipinski definition) is 1. The second-order valence-corrected chi connectivity index (χ2v) is 7.65. The summed E-state index contributed by atoms with van der Waals surface area (Å²) in [6.45, 7) is 0.713. The van der Waals surface area contributed by atoms with Crippen molar-refractivity contribution in [3.8, 4) is 0 Å². The maximum atomic E-state index is 12.6. The molecule has 0 radical (unpaired) electrons. The first-order valence-corrected chi connectivity index (χ1v) is 10.2. The summed E-state index contributed by atoms with van der Waals surface area (Å²) in [5.74, 6) is 0.00491. The Kier molecular flexibility index (Phi) is 5.48. The van der Waals surface area contributed by atoms with Crippen molar-refractivity contribution in [1.29, 1.82) is 0 Å². The summed E-state index contributed by atoms with van der Waals surface area (Å²) < 4.78 is 0. The third-order valence-corrected chi connectivity index (χ3v) is 5.63. The summed E-state index contributed by atoms with van der Waals surface area (Å²) in [5, 5.41) is 5.56. The summed E-state index contributed by atoms with van der Waals surface area (Å²) >= 11 is 1.42. The van der Waals surface area contributed by atoms with Gasteiger partial charge in [-0.05, 0) is 30.0 Å². The molecule has 2 amide bonds. The van der Waals surface area contributed by atoms with E-state index >= 15 is 0 Å². The van der Waals surface area contributed by atoms with Gasteiger partial charge in [0, 0.05) is 24.0 Å². The third-order valence-electron chi connectivity index (χ3n) is 4.71. The Hall–Kier alpha value is -2.99. The van der Waals surface area contributed by atoms with Crippen LogP contribution in [-0.4, -0.2) is 23.3 Å². The molecule has 0 spiro atoms. The Morgan fingerprint density at radius 3 is 2.68 bits per heavy atom. The molecule has 0 bridgehead atoms. The highest BCUT2D eigenvalue weighted by Crippen LogP contribution is 2.26. The van der Waals surface area contributed by atoms with Crippen molar-refractivity contribution in [3.63, 3.8) is 0 Å². The predicted octanol–water partition coefficient (Wildman–Crippen LogP) is 4.04. The predicted molar refractivity (Wildman–Crippen MR) is 112 cm³/mol. The van der Waals surface area contributed by atoms with Gasteiger partial charge in [-0.3, -0.25) is 14.5 Å². The first-order valence-electron chi connectivity index (χ1n) is 9.35. The minimum Gasteiger partial charge on any atom is -0.325 e. The van der Waals surface area contributed by atoms with Crippen LogP contribution in [0.2, 0.25) is 0 Å². The highest BCUT2D eigenvalue weighted by Gasteiger charge is 2.24. The van der Waals surface area contributed by atoms with Crippen molar-refractivity contribution >= 4 is 34.0 Å². The Labute approximate surface area is 168 Å². The molecule has 0 saturated carbocycles. The van der Waals surface area contributed by atoms with E-state index in [2.05, 4.69) is 22.4 Å². The van der Waals surface area contributed by atoms with Gasteiger partial charge < -0.3 is 5.32 Å². The van der Waals surface area contributed by atoms with Gasteiger partial charge in [-0.15, -0.1) is 11.3 Å². The Morgan fingerprint density at radius 1 is 1.11 bits per heavy atom. The van der Waals surface area contributed by atoms with Gasteiger partial charge in [0.2, 0.25) is 11.8 Å². The Morgan fingerprint density at radius 2 is 1.89 bits per heavy atom. The first kappa shape index (κ1) is 18.4. The Balaban J connectivity index is 1.42. The summed E-state index contributed by atoms with van der Waals surface area (Å²) in [6, 6.07) is 18.0. The number of para-hydroxylation sites is 1. The lowest BCUT2D eigenvalue weighted by Gasteiger charge is -2.11. The molecule has 2 heterocycles. The van der Waals surface area contributed by atoms with Crippen molar-refractivity contribution in [2.24, 2.45) is 0 Å². The van der Waals surface area contributed by atoms with E-state index in [0.29, 0.717) is 23.8 Å². The molecule has 1 aliphatic heterocycles. The number of carbonyl (C=O) groups excluding carboxylic acids is 2. The normalized spacial score (nSPS) is 13.7. The van der Waals surface area contributed by atoms with Crippen LogP contribution < -0.4 is 10.2 Å². The number of carbonyl (C=O) groups is 2. The smallest absolute Gasteiger partial charge is 0.230 e. The van der Waals surface area contributed by atoms with Gasteiger partial charge >= 0.3 is 0 Å². The maximum Gasteiger partial charge on any atom is 0.230 e. The van der Waals surface area contributed by atoms with Crippen LogP contribution in [-0.2, 0) is 22.4 Å². The first-order chi connectivity index (χ1) is 13.7. The van der Waals surface area contributed by atoms with E-state index in [9.17, 15) is 9.59 Å². The molecule has 1 aliphatic rings. The molecule has 2 aromatic carbocycles. The fourth-order valence-electron chi connectivity index (χ4n) is 3.32. The number of anilines is 2. The summed E-state index contributed by atoms with van der Waals surface area (Å²) in [6.07, 6.45) is 2.40. The Bertz CT molecular complexity index is 984. The van der Waals surface area contributed by atoms with Crippen molar-refractivity contribution in [2.75, 3.05) is 16.8 Å². The van der Waals surface area contributed by atoms with Crippen LogP contribution in [0.4, 0.5) is 10.8 Å². The summed E-state index contributed by atoms with van der Waals surface area (Å²) in [4.78, 5) is 30.6. The van der Waals surface area contributed by atoms with Crippen LogP contribution in [0.25, 0.3) is 0 Å². The molecular formula is C22H21N3O2S. The van der Waals surface area contributed by atoms with Gasteiger partial charge in [0.15, 0.2) is 5.13 Å². The van der Waals surface area contributed by atoms with Crippen molar-refractivity contribution in [1.82, 2.24) is 4.98 Å². The monoisotopic (exact) mass is 391 g/mol. The zero-order valence-electron chi connectivity index (χ0n) is 15.4. The number of rotatable bonds is 6. The molecule has 0 unspecified atom stereocenters. The topological polar surface area (TPSA) is 62.3 Å². The molecule has 0 aliphatic carbocycles. The van der Waals surface area contributed by atoms with E-state index in [1.807, 2.05) is 47.8 Å². The highest BCUT2D eigenvalue weighted by molar-refractivity contribution is 7.14. The quantitative estimate of drug-likeness (QED) is 0.690.